The molecule has 3 aromatic carbocycles. The number of nitrogens with zero attached hydrogens (tertiary/aromatic N) is 1. The van der Waals surface area contributed by atoms with Gasteiger partial charge in [0.2, 0.25) is 0 Å². The van der Waals surface area contributed by atoms with Crippen molar-refractivity contribution in [2.75, 3.05) is 4.90 Å². The van der Waals surface area contributed by atoms with Crippen LogP contribution in [0, 0.1) is 20.8 Å². The fourth-order valence-corrected chi connectivity index (χ4v) is 4.80. The number of carbonyl (C=O) groups excluding carboxylic acids is 2. The lowest BCUT2D eigenvalue weighted by molar-refractivity contribution is -0.132. The van der Waals surface area contributed by atoms with E-state index in [0.29, 0.717) is 11.1 Å². The van der Waals surface area contributed by atoms with E-state index in [1.165, 1.54) is 23.1 Å². The SMILES string of the molecule is Cc1cc(C)c(C(O)=C2C(=O)C(=O)N(c3cccc(C(=O)O)c3)[C@@H]2c2ccc(Br)cc2)c(C)c1. The normalized spacial score (nSPS) is 17.3. The van der Waals surface area contributed by atoms with Gasteiger partial charge in [-0.25, -0.2) is 4.79 Å². The molecule has 1 aliphatic heterocycles. The maximum Gasteiger partial charge on any atom is 0.335 e. The number of carbonyl (C=O) groups is 3. The molecule has 6 nitrogen and oxygen atoms in total. The molecular formula is C27H22BrNO5. The van der Waals surface area contributed by atoms with Gasteiger partial charge in [0.25, 0.3) is 11.7 Å². The molecule has 0 bridgehead atoms. The predicted molar refractivity (Wildman–Crippen MR) is 133 cm³/mol. The molecule has 1 heterocycles. The number of ketones is 1. The van der Waals surface area contributed by atoms with E-state index >= 15 is 0 Å². The van der Waals surface area contributed by atoms with Crippen LogP contribution in [0.15, 0.2) is 70.7 Å². The average molecular weight is 520 g/mol. The Kier molecular flexibility index (Phi) is 6.15. The van der Waals surface area contributed by atoms with E-state index in [9.17, 15) is 24.6 Å². The van der Waals surface area contributed by atoms with Gasteiger partial charge in [0, 0.05) is 15.7 Å². The van der Waals surface area contributed by atoms with E-state index in [2.05, 4.69) is 15.9 Å². The maximum absolute atomic E-state index is 13.3. The van der Waals surface area contributed by atoms with Crippen LogP contribution in [0.4, 0.5) is 5.69 Å². The van der Waals surface area contributed by atoms with Crippen LogP contribution in [-0.4, -0.2) is 27.9 Å². The highest BCUT2D eigenvalue weighted by Gasteiger charge is 2.47. The largest absolute Gasteiger partial charge is 0.507 e. The van der Waals surface area contributed by atoms with Gasteiger partial charge in [-0.3, -0.25) is 14.5 Å². The van der Waals surface area contributed by atoms with Crippen LogP contribution < -0.4 is 4.90 Å². The van der Waals surface area contributed by atoms with Crippen molar-refractivity contribution >= 4 is 45.0 Å². The third-order valence-corrected chi connectivity index (χ3v) is 6.44. The zero-order chi connectivity index (χ0) is 24.7. The molecule has 7 heteroatoms. The number of hydrogen-bond donors (Lipinski definition) is 2. The van der Waals surface area contributed by atoms with Crippen LogP contribution in [0.1, 0.15) is 44.2 Å². The van der Waals surface area contributed by atoms with Crippen LogP contribution in [0.3, 0.4) is 0 Å². The van der Waals surface area contributed by atoms with Crippen molar-refractivity contribution in [2.45, 2.75) is 26.8 Å². The van der Waals surface area contributed by atoms with Crippen LogP contribution in [0.2, 0.25) is 0 Å². The van der Waals surface area contributed by atoms with E-state index in [-0.39, 0.29) is 22.6 Å². The average Bonchev–Trinajstić information content (AvgIpc) is 3.04. The molecule has 0 radical (unpaired) electrons. The second-order valence-electron chi connectivity index (χ2n) is 8.35. The highest BCUT2D eigenvalue weighted by Crippen LogP contribution is 2.43. The summed E-state index contributed by atoms with van der Waals surface area (Å²) in [6, 6.07) is 15.8. The Hall–Kier alpha value is -3.71. The minimum Gasteiger partial charge on any atom is -0.507 e. The minimum absolute atomic E-state index is 0.0146. The third kappa shape index (κ3) is 4.03. The molecule has 1 atom stereocenters. The molecule has 1 saturated heterocycles. The number of aromatic carboxylic acids is 1. The number of aryl methyl sites for hydroxylation is 3. The summed E-state index contributed by atoms with van der Waals surface area (Å²) in [7, 11) is 0. The van der Waals surface area contributed by atoms with E-state index < -0.39 is 23.7 Å². The van der Waals surface area contributed by atoms with E-state index in [1.54, 1.807) is 30.3 Å². The number of aliphatic hydroxyl groups excluding tert-OH is 1. The molecule has 2 N–H and O–H groups in total. The number of Topliss-reactive ketones (excluding diaryl/α,β-unsaturated/α-hetero) is 1. The summed E-state index contributed by atoms with van der Waals surface area (Å²) in [6.07, 6.45) is 0. The van der Waals surface area contributed by atoms with E-state index in [4.69, 9.17) is 0 Å². The Morgan fingerprint density at radius 3 is 2.12 bits per heavy atom. The Balaban J connectivity index is 2.00. The summed E-state index contributed by atoms with van der Waals surface area (Å²) in [5.41, 5.74) is 3.89. The first-order chi connectivity index (χ1) is 16.1. The number of halogens is 1. The first-order valence-electron chi connectivity index (χ1n) is 10.6. The molecule has 1 aliphatic rings. The molecule has 1 amide bonds. The van der Waals surface area contributed by atoms with Crippen molar-refractivity contribution in [3.63, 3.8) is 0 Å². The summed E-state index contributed by atoms with van der Waals surface area (Å²) < 4.78 is 0.811. The number of aliphatic hydroxyl groups is 1. The molecule has 0 saturated carbocycles. The van der Waals surface area contributed by atoms with Crippen molar-refractivity contribution in [3.8, 4) is 0 Å². The molecule has 3 aromatic rings. The number of amides is 1. The lowest BCUT2D eigenvalue weighted by Gasteiger charge is -2.26. The van der Waals surface area contributed by atoms with Gasteiger partial charge in [-0.1, -0.05) is 51.8 Å². The molecule has 0 unspecified atom stereocenters. The number of anilines is 1. The van der Waals surface area contributed by atoms with Gasteiger partial charge in [-0.05, 0) is 67.8 Å². The van der Waals surface area contributed by atoms with Gasteiger partial charge >= 0.3 is 5.97 Å². The maximum atomic E-state index is 13.3. The van der Waals surface area contributed by atoms with Crippen LogP contribution in [0.25, 0.3) is 5.76 Å². The number of hydrogen-bond acceptors (Lipinski definition) is 4. The van der Waals surface area contributed by atoms with Gasteiger partial charge in [0.15, 0.2) is 0 Å². The second-order valence-corrected chi connectivity index (χ2v) is 9.27. The molecule has 0 spiro atoms. The molecule has 4 rings (SSSR count). The standard InChI is InChI=1S/C27H22BrNO5/c1-14-11-15(2)21(16(3)12-14)24(30)22-23(17-7-9-19(28)10-8-17)29(26(32)25(22)31)20-6-4-5-18(13-20)27(33)34/h4-13,23,30H,1-3H3,(H,33,34)/t23-/m1/s1. The number of carboxylic acid groups (broad SMARTS) is 1. The van der Waals surface area contributed by atoms with Crippen molar-refractivity contribution in [1.29, 1.82) is 0 Å². The topological polar surface area (TPSA) is 94.9 Å². The number of benzene rings is 3. The zero-order valence-electron chi connectivity index (χ0n) is 18.8. The van der Waals surface area contributed by atoms with Crippen molar-refractivity contribution in [1.82, 2.24) is 0 Å². The van der Waals surface area contributed by atoms with Crippen LogP contribution in [-0.2, 0) is 9.59 Å². The van der Waals surface area contributed by atoms with Crippen molar-refractivity contribution < 1.29 is 24.6 Å². The lowest BCUT2D eigenvalue weighted by Crippen LogP contribution is -2.29. The Bertz CT molecular complexity index is 1350. The fraction of sp³-hybridized carbons (Fsp3) is 0.148. The summed E-state index contributed by atoms with van der Waals surface area (Å²) >= 11 is 3.40. The van der Waals surface area contributed by atoms with Gasteiger partial charge < -0.3 is 10.2 Å². The molecule has 1 fully saturated rings. The molecular weight excluding hydrogens is 498 g/mol. The van der Waals surface area contributed by atoms with Gasteiger partial charge in [-0.15, -0.1) is 0 Å². The Labute approximate surface area is 205 Å². The molecule has 34 heavy (non-hydrogen) atoms. The summed E-state index contributed by atoms with van der Waals surface area (Å²) in [5.74, 6) is -3.06. The van der Waals surface area contributed by atoms with Crippen molar-refractivity contribution in [2.24, 2.45) is 0 Å². The predicted octanol–water partition coefficient (Wildman–Crippen LogP) is 5.70. The van der Waals surface area contributed by atoms with Gasteiger partial charge in [0.05, 0.1) is 17.2 Å². The van der Waals surface area contributed by atoms with Crippen LogP contribution >= 0.6 is 15.9 Å². The van der Waals surface area contributed by atoms with Gasteiger partial charge in [-0.2, -0.15) is 0 Å². The summed E-state index contributed by atoms with van der Waals surface area (Å²) in [5, 5.41) is 20.9. The van der Waals surface area contributed by atoms with Gasteiger partial charge in [0.1, 0.15) is 5.76 Å². The first kappa shape index (κ1) is 23.4. The quantitative estimate of drug-likeness (QED) is 0.262. The number of rotatable bonds is 4. The molecule has 0 aliphatic carbocycles. The summed E-state index contributed by atoms with van der Waals surface area (Å²) in [6.45, 7) is 5.63. The zero-order valence-corrected chi connectivity index (χ0v) is 20.4. The third-order valence-electron chi connectivity index (χ3n) is 5.92. The van der Waals surface area contributed by atoms with Crippen LogP contribution in [0.5, 0.6) is 0 Å². The molecule has 172 valence electrons. The van der Waals surface area contributed by atoms with E-state index in [0.717, 1.165) is 21.2 Å². The second kappa shape index (κ2) is 8.91. The smallest absolute Gasteiger partial charge is 0.335 e. The Morgan fingerprint density at radius 1 is 0.912 bits per heavy atom. The first-order valence-corrected chi connectivity index (χ1v) is 11.4. The number of carboxylic acids is 1. The highest BCUT2D eigenvalue weighted by atomic mass is 79.9. The Morgan fingerprint density at radius 2 is 1.53 bits per heavy atom. The van der Waals surface area contributed by atoms with Crippen molar-refractivity contribution in [3.05, 3.63) is 104 Å². The highest BCUT2D eigenvalue weighted by molar-refractivity contribution is 9.10. The fourth-order valence-electron chi connectivity index (χ4n) is 4.54. The minimum atomic E-state index is -1.15. The lowest BCUT2D eigenvalue weighted by atomic mass is 9.91. The van der Waals surface area contributed by atoms with E-state index in [1.807, 2.05) is 32.9 Å². The molecule has 0 aromatic heterocycles. The monoisotopic (exact) mass is 519 g/mol. The summed E-state index contributed by atoms with van der Waals surface area (Å²) in [4.78, 5) is 39.4.